The number of ether oxygens (including phenoxy) is 2. The number of fused-ring (bicyclic) bond motifs is 4. The molecule has 4 nitrogen and oxygen atoms in total. The van der Waals surface area contributed by atoms with Crippen LogP contribution in [0.3, 0.4) is 0 Å². The van der Waals surface area contributed by atoms with Gasteiger partial charge in [0.25, 0.3) is 0 Å². The highest BCUT2D eigenvalue weighted by molar-refractivity contribution is 5.85. The lowest BCUT2D eigenvalue weighted by Crippen LogP contribution is -2.57. The Morgan fingerprint density at radius 3 is 2.96 bits per heavy atom. The predicted molar refractivity (Wildman–Crippen MR) is 97.7 cm³/mol. The first-order valence-corrected chi connectivity index (χ1v) is 9.19. The highest BCUT2D eigenvalue weighted by Gasteiger charge is 2.59. The van der Waals surface area contributed by atoms with Gasteiger partial charge in [-0.2, -0.15) is 0 Å². The van der Waals surface area contributed by atoms with Gasteiger partial charge < -0.3 is 9.47 Å². The average molecular weight is 336 g/mol. The van der Waals surface area contributed by atoms with Gasteiger partial charge in [-0.1, -0.05) is 6.08 Å². The Bertz CT molecular complexity index is 830. The largest absolute Gasteiger partial charge is 0.497 e. The van der Waals surface area contributed by atoms with E-state index in [1.807, 2.05) is 18.3 Å². The molecule has 1 aromatic heterocycles. The molecule has 4 saturated heterocycles. The first-order valence-electron chi connectivity index (χ1n) is 9.19. The summed E-state index contributed by atoms with van der Waals surface area (Å²) >= 11 is 0. The Labute approximate surface area is 148 Å². The fourth-order valence-electron chi connectivity index (χ4n) is 5.05. The average Bonchev–Trinajstić information content (AvgIpc) is 3.49. The van der Waals surface area contributed by atoms with Crippen molar-refractivity contribution < 1.29 is 9.47 Å². The minimum atomic E-state index is -0.182. The highest BCUT2D eigenvalue weighted by Crippen LogP contribution is 2.52. The Morgan fingerprint density at radius 1 is 1.40 bits per heavy atom. The normalized spacial score (nSPS) is 36.4. The molecule has 0 amide bonds. The van der Waals surface area contributed by atoms with Crippen molar-refractivity contribution in [3.63, 3.8) is 0 Å². The Morgan fingerprint density at radius 2 is 2.28 bits per heavy atom. The molecule has 130 valence electrons. The molecular formula is C21H24N2O2. The van der Waals surface area contributed by atoms with E-state index in [1.54, 1.807) is 7.11 Å². The van der Waals surface area contributed by atoms with Gasteiger partial charge in [0.1, 0.15) is 11.4 Å². The number of nitrogens with zero attached hydrogens (tertiary/aromatic N) is 2. The van der Waals surface area contributed by atoms with Crippen LogP contribution >= 0.6 is 0 Å². The number of epoxide rings is 1. The summed E-state index contributed by atoms with van der Waals surface area (Å²) in [7, 11) is 1.71. The number of hydrogen-bond donors (Lipinski definition) is 0. The molecule has 0 radical (unpaired) electrons. The van der Waals surface area contributed by atoms with E-state index in [0.29, 0.717) is 12.0 Å². The first kappa shape index (κ1) is 15.4. The van der Waals surface area contributed by atoms with Crippen LogP contribution in [0.2, 0.25) is 0 Å². The van der Waals surface area contributed by atoms with Crippen LogP contribution in [0.1, 0.15) is 18.4 Å². The fourth-order valence-corrected chi connectivity index (χ4v) is 5.05. The quantitative estimate of drug-likeness (QED) is 0.634. The summed E-state index contributed by atoms with van der Waals surface area (Å²) in [6.07, 6.45) is 6.55. The van der Waals surface area contributed by atoms with E-state index in [-0.39, 0.29) is 5.60 Å². The molecular weight excluding hydrogens is 312 g/mol. The van der Waals surface area contributed by atoms with Gasteiger partial charge in [0.2, 0.25) is 0 Å². The van der Waals surface area contributed by atoms with E-state index in [9.17, 15) is 0 Å². The van der Waals surface area contributed by atoms with Crippen LogP contribution in [0.5, 0.6) is 5.75 Å². The third-order valence-electron chi connectivity index (χ3n) is 6.51. The van der Waals surface area contributed by atoms with Gasteiger partial charge in [-0.25, -0.2) is 0 Å². The summed E-state index contributed by atoms with van der Waals surface area (Å²) < 4.78 is 11.6. The van der Waals surface area contributed by atoms with Crippen LogP contribution < -0.4 is 4.74 Å². The van der Waals surface area contributed by atoms with Crippen LogP contribution in [0.15, 0.2) is 43.1 Å². The van der Waals surface area contributed by atoms with Gasteiger partial charge in [0, 0.05) is 24.2 Å². The summed E-state index contributed by atoms with van der Waals surface area (Å²) in [5, 5.41) is 1.15. The molecule has 4 fully saturated rings. The number of hydrogen-bond acceptors (Lipinski definition) is 4. The number of aromatic nitrogens is 1. The summed E-state index contributed by atoms with van der Waals surface area (Å²) in [5.74, 6) is 2.25. The lowest BCUT2D eigenvalue weighted by molar-refractivity contribution is -0.0205. The third-order valence-corrected chi connectivity index (χ3v) is 6.51. The van der Waals surface area contributed by atoms with Gasteiger partial charge in [0.05, 0.1) is 19.2 Å². The molecule has 4 aliphatic rings. The van der Waals surface area contributed by atoms with Gasteiger partial charge in [0.15, 0.2) is 0 Å². The zero-order chi connectivity index (χ0) is 17.0. The molecule has 2 bridgehead atoms. The van der Waals surface area contributed by atoms with E-state index >= 15 is 0 Å². The molecule has 1 unspecified atom stereocenters. The van der Waals surface area contributed by atoms with Gasteiger partial charge >= 0.3 is 0 Å². The van der Waals surface area contributed by atoms with Crippen LogP contribution in [0.4, 0.5) is 0 Å². The van der Waals surface area contributed by atoms with E-state index in [2.05, 4.69) is 34.7 Å². The summed E-state index contributed by atoms with van der Waals surface area (Å²) in [6.45, 7) is 7.14. The molecule has 0 N–H and O–H groups in total. The Balaban J connectivity index is 1.57. The van der Waals surface area contributed by atoms with Gasteiger partial charge in [-0.3, -0.25) is 9.88 Å². The minimum absolute atomic E-state index is 0.182. The summed E-state index contributed by atoms with van der Waals surface area (Å²) in [6, 6.07) is 8.71. The van der Waals surface area contributed by atoms with E-state index in [0.717, 1.165) is 35.7 Å². The van der Waals surface area contributed by atoms with Crippen LogP contribution in [-0.2, 0) is 10.3 Å². The van der Waals surface area contributed by atoms with Crippen LogP contribution in [0.25, 0.3) is 10.9 Å². The van der Waals surface area contributed by atoms with Crippen molar-refractivity contribution in [2.75, 3.05) is 26.8 Å². The molecule has 6 rings (SSSR count). The van der Waals surface area contributed by atoms with E-state index in [4.69, 9.17) is 9.47 Å². The minimum Gasteiger partial charge on any atom is -0.497 e. The monoisotopic (exact) mass is 336 g/mol. The van der Waals surface area contributed by atoms with Crippen molar-refractivity contribution in [2.24, 2.45) is 11.8 Å². The number of methoxy groups -OCH3 is 1. The van der Waals surface area contributed by atoms with Crippen LogP contribution in [-0.4, -0.2) is 42.7 Å². The Kier molecular flexibility index (Phi) is 3.41. The Hall–Kier alpha value is -1.91. The molecule has 0 spiro atoms. The lowest BCUT2D eigenvalue weighted by atomic mass is 9.71. The standard InChI is InChI=1S/C21H24N2O2/c1-3-14-12-23-9-7-15(14)10-20(23)21(13-25-21)18-6-8-22-19-5-4-16(24-2)11-17(18)19/h3-6,8,11,14-15,20H,1,7,9-10,12-13H2,2H3/t14-,15-,20+,21-/m0/s1. The first-order chi connectivity index (χ1) is 12.2. The van der Waals surface area contributed by atoms with Crippen LogP contribution in [0, 0.1) is 11.8 Å². The molecule has 4 aliphatic heterocycles. The molecule has 1 aromatic carbocycles. The van der Waals surface area contributed by atoms with Crippen molar-refractivity contribution >= 4 is 10.9 Å². The van der Waals surface area contributed by atoms with Crippen molar-refractivity contribution in [2.45, 2.75) is 24.5 Å². The number of pyridine rings is 1. The fraction of sp³-hybridized carbons (Fsp3) is 0.476. The smallest absolute Gasteiger partial charge is 0.133 e. The maximum atomic E-state index is 6.19. The van der Waals surface area contributed by atoms with Crippen molar-refractivity contribution in [3.8, 4) is 5.75 Å². The topological polar surface area (TPSA) is 37.9 Å². The zero-order valence-electron chi connectivity index (χ0n) is 14.6. The second-order valence-electron chi connectivity index (χ2n) is 7.61. The van der Waals surface area contributed by atoms with E-state index < -0.39 is 0 Å². The maximum absolute atomic E-state index is 6.19. The molecule has 2 aromatic rings. The number of piperidine rings is 3. The third kappa shape index (κ3) is 2.24. The molecule has 4 heteroatoms. The zero-order valence-corrected chi connectivity index (χ0v) is 14.6. The molecule has 5 atom stereocenters. The predicted octanol–water partition coefficient (Wildman–Crippen LogP) is 3.37. The van der Waals surface area contributed by atoms with E-state index in [1.165, 1.54) is 24.9 Å². The van der Waals surface area contributed by atoms with Crippen molar-refractivity contribution in [3.05, 3.63) is 48.7 Å². The summed E-state index contributed by atoms with van der Waals surface area (Å²) in [4.78, 5) is 7.17. The number of benzene rings is 1. The number of rotatable bonds is 4. The van der Waals surface area contributed by atoms with Gasteiger partial charge in [-0.15, -0.1) is 6.58 Å². The SMILES string of the molecule is C=C[C@H]1CN2CC[C@H]1C[C@@H]2[C@@]1(c2ccnc3ccc(OC)cc23)CO1. The second-order valence-corrected chi connectivity index (χ2v) is 7.61. The van der Waals surface area contributed by atoms with Crippen molar-refractivity contribution in [1.82, 2.24) is 9.88 Å². The second kappa shape index (κ2) is 5.55. The molecule has 5 heterocycles. The van der Waals surface area contributed by atoms with Crippen molar-refractivity contribution in [1.29, 1.82) is 0 Å². The molecule has 0 saturated carbocycles. The maximum Gasteiger partial charge on any atom is 0.133 e. The molecule has 0 aliphatic carbocycles. The highest BCUT2D eigenvalue weighted by atomic mass is 16.6. The lowest BCUT2D eigenvalue weighted by Gasteiger charge is -2.51. The van der Waals surface area contributed by atoms with Gasteiger partial charge in [-0.05, 0) is 61.1 Å². The molecule has 25 heavy (non-hydrogen) atoms. The summed E-state index contributed by atoms with van der Waals surface area (Å²) in [5.41, 5.74) is 2.09.